The number of hydrazine groups is 1. The third-order valence-corrected chi connectivity index (χ3v) is 9.16. The van der Waals surface area contributed by atoms with Crippen LogP contribution in [-0.4, -0.2) is 26.3 Å². The average Bonchev–Trinajstić information content (AvgIpc) is 3.07. The predicted molar refractivity (Wildman–Crippen MR) is 121 cm³/mol. The summed E-state index contributed by atoms with van der Waals surface area (Å²) in [5, 5.41) is 1.86. The zero-order valence-corrected chi connectivity index (χ0v) is 18.5. The Bertz CT molecular complexity index is 1040. The molecular formula is C24H29N3O2P+. The van der Waals surface area contributed by atoms with Gasteiger partial charge in [-0.2, -0.15) is 0 Å². The zero-order valence-electron chi connectivity index (χ0n) is 17.6. The summed E-state index contributed by atoms with van der Waals surface area (Å²) in [7, 11) is -3.09. The highest BCUT2D eigenvalue weighted by atomic mass is 31.2. The van der Waals surface area contributed by atoms with E-state index in [4.69, 9.17) is 4.74 Å². The Morgan fingerprint density at radius 2 is 1.63 bits per heavy atom. The first-order valence-electron chi connectivity index (χ1n) is 10.7. The number of nitrogens with one attached hydrogen (secondary N) is 2. The number of anilines is 1. The molecule has 5 nitrogen and oxygen atoms in total. The highest BCUT2D eigenvalue weighted by Crippen LogP contribution is 2.65. The van der Waals surface area contributed by atoms with Gasteiger partial charge in [0.25, 0.3) is 7.29 Å². The summed E-state index contributed by atoms with van der Waals surface area (Å²) < 4.78 is 22.6. The van der Waals surface area contributed by atoms with E-state index in [1.165, 1.54) is 10.6 Å². The van der Waals surface area contributed by atoms with Crippen molar-refractivity contribution in [2.75, 3.05) is 31.1 Å². The first kappa shape index (κ1) is 19.6. The third-order valence-electron chi connectivity index (χ3n) is 6.15. The summed E-state index contributed by atoms with van der Waals surface area (Å²) >= 11 is 0. The van der Waals surface area contributed by atoms with E-state index in [-0.39, 0.29) is 5.41 Å². The van der Waals surface area contributed by atoms with Crippen LogP contribution in [0.5, 0.6) is 0 Å². The summed E-state index contributed by atoms with van der Waals surface area (Å²) in [4.78, 5) is 1.41. The molecule has 3 aliphatic rings. The first-order chi connectivity index (χ1) is 14.5. The highest BCUT2D eigenvalue weighted by Gasteiger charge is 2.52. The molecule has 2 fully saturated rings. The van der Waals surface area contributed by atoms with Crippen molar-refractivity contribution in [3.05, 3.63) is 83.4 Å². The number of fused-ring (bicyclic) bond motifs is 1. The Kier molecular flexibility index (Phi) is 4.85. The molecular weight excluding hydrogens is 393 g/mol. The molecule has 0 aromatic heterocycles. The van der Waals surface area contributed by atoms with Crippen molar-refractivity contribution in [1.29, 1.82) is 0 Å². The lowest BCUT2D eigenvalue weighted by Gasteiger charge is -2.34. The van der Waals surface area contributed by atoms with Crippen LogP contribution in [0.3, 0.4) is 0 Å². The second-order valence-corrected chi connectivity index (χ2v) is 11.5. The number of nitrogens with zero attached hydrogens (tertiary/aromatic N) is 1. The van der Waals surface area contributed by atoms with E-state index in [0.717, 1.165) is 54.7 Å². The number of allylic oxidation sites excluding steroid dienone is 3. The highest BCUT2D eigenvalue weighted by molar-refractivity contribution is 7.77. The minimum atomic E-state index is -3.09. The van der Waals surface area contributed by atoms with Crippen molar-refractivity contribution < 1.29 is 14.2 Å². The van der Waals surface area contributed by atoms with Crippen molar-refractivity contribution in [1.82, 2.24) is 5.43 Å². The molecule has 0 unspecified atom stereocenters. The van der Waals surface area contributed by atoms with Gasteiger partial charge >= 0.3 is 0 Å². The molecule has 156 valence electrons. The molecule has 1 atom stereocenters. The molecule has 0 radical (unpaired) electrons. The number of ether oxygens (including phenoxy) is 1. The van der Waals surface area contributed by atoms with Gasteiger partial charge < -0.3 is 9.64 Å². The zero-order chi connectivity index (χ0) is 20.8. The van der Waals surface area contributed by atoms with Crippen LogP contribution in [-0.2, 0) is 9.30 Å². The summed E-state index contributed by atoms with van der Waals surface area (Å²) in [6.45, 7) is 7.85. The molecule has 2 aliphatic heterocycles. The van der Waals surface area contributed by atoms with E-state index in [1.807, 2.05) is 65.4 Å². The lowest BCUT2D eigenvalue weighted by molar-refractivity contribution is -0.871. The second kappa shape index (κ2) is 7.42. The van der Waals surface area contributed by atoms with Crippen molar-refractivity contribution in [3.8, 4) is 0 Å². The molecule has 0 spiro atoms. The van der Waals surface area contributed by atoms with Crippen LogP contribution in [0.25, 0.3) is 0 Å². The summed E-state index contributed by atoms with van der Waals surface area (Å²) in [6.07, 6.45) is 3.17. The van der Waals surface area contributed by atoms with Crippen LogP contribution in [0.2, 0.25) is 0 Å². The number of morpholine rings is 1. The maximum absolute atomic E-state index is 15.1. The van der Waals surface area contributed by atoms with Gasteiger partial charge in [0.05, 0.1) is 24.6 Å². The number of hydrogen-bond acceptors (Lipinski definition) is 3. The molecule has 2 aromatic rings. The van der Waals surface area contributed by atoms with Gasteiger partial charge in [-0.15, -0.1) is 0 Å². The summed E-state index contributed by atoms with van der Waals surface area (Å²) in [6, 6.07) is 20.0. The minimum Gasteiger partial charge on any atom is -0.370 e. The van der Waals surface area contributed by atoms with Gasteiger partial charge in [-0.25, -0.2) is 4.78 Å². The quantitative estimate of drug-likeness (QED) is 0.747. The van der Waals surface area contributed by atoms with Gasteiger partial charge in [0, 0.05) is 11.7 Å². The third kappa shape index (κ3) is 3.22. The van der Waals surface area contributed by atoms with Crippen LogP contribution >= 0.6 is 7.29 Å². The van der Waals surface area contributed by atoms with E-state index in [0.29, 0.717) is 0 Å². The Morgan fingerprint density at radius 1 is 1.00 bits per heavy atom. The topological polar surface area (TPSA) is 46.0 Å². The number of hydrogen-bond donors (Lipinski definition) is 2. The van der Waals surface area contributed by atoms with Gasteiger partial charge in [-0.3, -0.25) is 9.99 Å². The summed E-state index contributed by atoms with van der Waals surface area (Å²) in [5.41, 5.74) is 6.74. The van der Waals surface area contributed by atoms with Crippen molar-refractivity contribution in [3.63, 3.8) is 0 Å². The number of quaternary nitrogens is 1. The maximum Gasteiger partial charge on any atom is 0.255 e. The van der Waals surface area contributed by atoms with Crippen LogP contribution in [0.15, 0.2) is 83.4 Å². The summed E-state index contributed by atoms with van der Waals surface area (Å²) in [5.74, 6) is 0. The fraction of sp³-hybridized carbons (Fsp3) is 0.333. The molecule has 0 saturated carbocycles. The lowest BCUT2D eigenvalue weighted by Crippen LogP contribution is -3.12. The molecule has 6 heteroatoms. The normalized spacial score (nSPS) is 26.2. The van der Waals surface area contributed by atoms with Gasteiger partial charge in [0.1, 0.15) is 24.1 Å². The van der Waals surface area contributed by atoms with E-state index in [1.54, 1.807) is 0 Å². The number of para-hydroxylation sites is 1. The van der Waals surface area contributed by atoms with Gasteiger partial charge in [0.2, 0.25) is 0 Å². The first-order valence-corrected chi connectivity index (χ1v) is 12.3. The second-order valence-electron chi connectivity index (χ2n) is 8.94. The fourth-order valence-corrected chi connectivity index (χ4v) is 7.83. The van der Waals surface area contributed by atoms with E-state index >= 15 is 4.57 Å². The van der Waals surface area contributed by atoms with E-state index in [9.17, 15) is 0 Å². The van der Waals surface area contributed by atoms with Crippen molar-refractivity contribution in [2.45, 2.75) is 20.3 Å². The standard InChI is InChI=1S/C24H28N3O2P/c1-24(2)17-21-23(22(18-24)26-13-15-29-16-14-26)30(28,20-11-7-4-8-12-20)27(25-21)19-9-5-3-6-10-19/h3-12,17,25H,13-16,18H2,1-2H3/p+1/t30-/m1/s1. The SMILES string of the molecule is CC1(C)C=C2NN(c3ccccc3)[P@@](=O)(c3ccccc3)C2=C([NH+]2CCOCC2)C1. The van der Waals surface area contributed by atoms with E-state index in [2.05, 4.69) is 25.3 Å². The molecule has 2 aromatic carbocycles. The molecule has 0 amide bonds. The predicted octanol–water partition coefficient (Wildman–Crippen LogP) is 3.06. The molecule has 0 bridgehead atoms. The van der Waals surface area contributed by atoms with Crippen molar-refractivity contribution >= 4 is 18.3 Å². The van der Waals surface area contributed by atoms with E-state index < -0.39 is 7.29 Å². The van der Waals surface area contributed by atoms with Crippen LogP contribution in [0.1, 0.15) is 20.3 Å². The molecule has 2 saturated heterocycles. The monoisotopic (exact) mass is 422 g/mol. The van der Waals surface area contributed by atoms with Crippen molar-refractivity contribution in [2.24, 2.45) is 5.41 Å². The largest absolute Gasteiger partial charge is 0.370 e. The molecule has 2 N–H and O–H groups in total. The fourth-order valence-electron chi connectivity index (χ4n) is 4.81. The minimum absolute atomic E-state index is 0.000681. The van der Waals surface area contributed by atoms with Crippen LogP contribution in [0, 0.1) is 5.41 Å². The van der Waals surface area contributed by atoms with Crippen LogP contribution < -0.4 is 20.4 Å². The maximum atomic E-state index is 15.1. The Balaban J connectivity index is 1.75. The molecule has 30 heavy (non-hydrogen) atoms. The van der Waals surface area contributed by atoms with Gasteiger partial charge in [-0.1, -0.05) is 56.3 Å². The molecule has 5 rings (SSSR count). The lowest BCUT2D eigenvalue weighted by atomic mass is 9.82. The van der Waals surface area contributed by atoms with Gasteiger partial charge in [-0.05, 0) is 29.7 Å². The Morgan fingerprint density at radius 3 is 2.30 bits per heavy atom. The number of benzene rings is 2. The van der Waals surface area contributed by atoms with Crippen LogP contribution in [0.4, 0.5) is 5.69 Å². The number of rotatable bonds is 3. The van der Waals surface area contributed by atoms with Gasteiger partial charge in [0.15, 0.2) is 0 Å². The molecule has 2 heterocycles. The Hall–Kier alpha value is -2.33. The average molecular weight is 422 g/mol. The molecule has 1 aliphatic carbocycles. The Labute approximate surface area is 178 Å². The smallest absolute Gasteiger partial charge is 0.255 e.